The van der Waals surface area contributed by atoms with Crippen molar-refractivity contribution in [3.05, 3.63) is 35.4 Å². The minimum atomic E-state index is -3.12. The van der Waals surface area contributed by atoms with Crippen LogP contribution >= 0.6 is 0 Å². The van der Waals surface area contributed by atoms with Crippen molar-refractivity contribution < 1.29 is 13.0 Å². The summed E-state index contributed by atoms with van der Waals surface area (Å²) in [4.78, 5) is 0. The van der Waals surface area contributed by atoms with Crippen LogP contribution in [-0.4, -0.2) is 50.7 Å². The van der Waals surface area contributed by atoms with E-state index in [2.05, 4.69) is 38.1 Å². The Labute approximate surface area is 110 Å². The van der Waals surface area contributed by atoms with Crippen LogP contribution in [0.5, 0.6) is 0 Å². The van der Waals surface area contributed by atoms with E-state index >= 15 is 0 Å². The zero-order valence-corrected chi connectivity index (χ0v) is 7.91. The zero-order valence-electron chi connectivity index (χ0n) is 7.02. The molecule has 0 radical (unpaired) electrons. The number of thiol groups is 1. The van der Waals surface area contributed by atoms with Gasteiger partial charge in [-0.15, -0.1) is 0 Å². The van der Waals surface area contributed by atoms with E-state index in [4.69, 9.17) is 13.0 Å². The summed E-state index contributed by atoms with van der Waals surface area (Å²) in [6.45, 7) is 4.21. The van der Waals surface area contributed by atoms with Crippen LogP contribution in [0.15, 0.2) is 24.3 Å². The van der Waals surface area contributed by atoms with E-state index in [0.29, 0.717) is 0 Å². The SMILES string of the molecule is Cc1cccc(C)c1.O=[SH](=O)O.[CaH2]. The van der Waals surface area contributed by atoms with E-state index < -0.39 is 11.0 Å². The van der Waals surface area contributed by atoms with E-state index in [1.54, 1.807) is 0 Å². The summed E-state index contributed by atoms with van der Waals surface area (Å²) in [6, 6.07) is 8.45. The third-order valence-electron chi connectivity index (χ3n) is 1.17. The number of aryl methyl sites for hydroxylation is 2. The Bertz CT molecular complexity index is 285. The summed E-state index contributed by atoms with van der Waals surface area (Å²) in [5.74, 6) is 0. The van der Waals surface area contributed by atoms with Crippen LogP contribution in [0.3, 0.4) is 0 Å². The Hall–Kier alpha value is 0.390. The maximum atomic E-state index is 8.59. The molecule has 0 aromatic heterocycles. The van der Waals surface area contributed by atoms with Crippen LogP contribution in [0.1, 0.15) is 11.1 Å². The van der Waals surface area contributed by atoms with Gasteiger partial charge in [-0.3, -0.25) is 4.55 Å². The first-order valence-corrected chi connectivity index (χ1v) is 4.52. The van der Waals surface area contributed by atoms with E-state index in [0.717, 1.165) is 0 Å². The van der Waals surface area contributed by atoms with Gasteiger partial charge in [0, 0.05) is 0 Å². The maximum absolute atomic E-state index is 8.59. The molecule has 1 rings (SSSR count). The molecule has 0 atom stereocenters. The quantitative estimate of drug-likeness (QED) is 0.387. The third-order valence-corrected chi connectivity index (χ3v) is 1.17. The van der Waals surface area contributed by atoms with Crippen molar-refractivity contribution >= 4 is 48.7 Å². The average Bonchev–Trinajstić information content (AvgIpc) is 1.84. The predicted molar refractivity (Wildman–Crippen MR) is 57.4 cm³/mol. The molecule has 0 amide bonds. The minimum absolute atomic E-state index is 0. The molecule has 1 N–H and O–H groups in total. The zero-order chi connectivity index (χ0) is 9.56. The number of benzene rings is 1. The van der Waals surface area contributed by atoms with Crippen LogP contribution in [0, 0.1) is 13.8 Å². The van der Waals surface area contributed by atoms with Gasteiger partial charge in [-0.25, -0.2) is 8.42 Å². The van der Waals surface area contributed by atoms with Gasteiger partial charge < -0.3 is 0 Å². The van der Waals surface area contributed by atoms with Gasteiger partial charge in [0.05, 0.1) is 0 Å². The van der Waals surface area contributed by atoms with Gasteiger partial charge in [0.2, 0.25) is 0 Å². The Balaban J connectivity index is 0. The monoisotopic (exact) mass is 230 g/mol. The Morgan fingerprint density at radius 3 is 1.62 bits per heavy atom. The molecular weight excluding hydrogens is 216 g/mol. The summed E-state index contributed by atoms with van der Waals surface area (Å²) >= 11 is 0. The van der Waals surface area contributed by atoms with Crippen LogP contribution in [0.2, 0.25) is 0 Å². The molecule has 0 saturated heterocycles. The van der Waals surface area contributed by atoms with Crippen LogP contribution in [0.4, 0.5) is 0 Å². The van der Waals surface area contributed by atoms with Gasteiger partial charge in [-0.2, -0.15) is 0 Å². The number of rotatable bonds is 0. The van der Waals surface area contributed by atoms with Crippen molar-refractivity contribution in [3.63, 3.8) is 0 Å². The Kier molecular flexibility index (Phi) is 10.9. The standard InChI is InChI=1S/C8H10.Ca.H2O3S.2H/c1-7-4-3-5-8(2)6-7;;1-4(2)3;;/h3-6H,1-2H3;;4H,(H,1,2,3);;. The van der Waals surface area contributed by atoms with Gasteiger partial charge in [-0.1, -0.05) is 35.4 Å². The van der Waals surface area contributed by atoms with E-state index in [1.807, 2.05) is 0 Å². The molecule has 0 spiro atoms. The van der Waals surface area contributed by atoms with Crippen molar-refractivity contribution in [2.75, 3.05) is 0 Å². The molecule has 1 aromatic rings. The fourth-order valence-corrected chi connectivity index (χ4v) is 0.807. The van der Waals surface area contributed by atoms with Crippen molar-refractivity contribution in [1.29, 1.82) is 0 Å². The second-order valence-electron chi connectivity index (χ2n) is 2.40. The van der Waals surface area contributed by atoms with Crippen molar-refractivity contribution in [2.45, 2.75) is 13.8 Å². The normalized spacial score (nSPS) is 8.31. The molecule has 1 aromatic carbocycles. The van der Waals surface area contributed by atoms with Gasteiger partial charge in [-0.05, 0) is 13.8 Å². The van der Waals surface area contributed by atoms with Gasteiger partial charge >= 0.3 is 37.7 Å². The molecule has 0 bridgehead atoms. The van der Waals surface area contributed by atoms with Crippen LogP contribution in [-0.2, 0) is 11.0 Å². The van der Waals surface area contributed by atoms with Gasteiger partial charge in [0.25, 0.3) is 11.0 Å². The van der Waals surface area contributed by atoms with Crippen molar-refractivity contribution in [1.82, 2.24) is 0 Å². The molecule has 0 heterocycles. The second-order valence-corrected chi connectivity index (χ2v) is 2.87. The third kappa shape index (κ3) is 12.4. The van der Waals surface area contributed by atoms with Crippen LogP contribution < -0.4 is 0 Å². The van der Waals surface area contributed by atoms with Crippen molar-refractivity contribution in [3.8, 4) is 0 Å². The number of hydrogen-bond acceptors (Lipinski definition) is 2. The fraction of sp³-hybridized carbons (Fsp3) is 0.250. The second kappa shape index (κ2) is 8.96. The average molecular weight is 230 g/mol. The molecule has 72 valence electrons. The molecule has 0 aliphatic heterocycles. The first-order valence-electron chi connectivity index (χ1n) is 3.39. The summed E-state index contributed by atoms with van der Waals surface area (Å²) in [6.07, 6.45) is 0. The summed E-state index contributed by atoms with van der Waals surface area (Å²) in [5, 5.41) is 0. The first kappa shape index (κ1) is 15.8. The van der Waals surface area contributed by atoms with E-state index in [9.17, 15) is 0 Å². The molecule has 13 heavy (non-hydrogen) atoms. The van der Waals surface area contributed by atoms with Gasteiger partial charge in [0.1, 0.15) is 0 Å². The molecule has 0 unspecified atom stereocenters. The molecule has 5 heteroatoms. The van der Waals surface area contributed by atoms with Crippen LogP contribution in [0.25, 0.3) is 0 Å². The molecule has 0 aliphatic carbocycles. The Morgan fingerprint density at radius 2 is 1.46 bits per heavy atom. The van der Waals surface area contributed by atoms with E-state index in [1.165, 1.54) is 11.1 Å². The fourth-order valence-electron chi connectivity index (χ4n) is 0.807. The first-order chi connectivity index (χ1) is 5.52. The topological polar surface area (TPSA) is 54.4 Å². The van der Waals surface area contributed by atoms with E-state index in [-0.39, 0.29) is 37.7 Å². The summed E-state index contributed by atoms with van der Waals surface area (Å²) < 4.78 is 24.2. The molecule has 0 saturated carbocycles. The molecule has 3 nitrogen and oxygen atoms in total. The molecular formula is C8H14CaO3S. The summed E-state index contributed by atoms with van der Waals surface area (Å²) in [5.41, 5.74) is 2.68. The Morgan fingerprint density at radius 1 is 1.15 bits per heavy atom. The predicted octanol–water partition coefficient (Wildman–Crippen LogP) is 0.458. The molecule has 0 fully saturated rings. The van der Waals surface area contributed by atoms with Gasteiger partial charge in [0.15, 0.2) is 0 Å². The number of hydrogen-bond donors (Lipinski definition) is 2. The summed E-state index contributed by atoms with van der Waals surface area (Å²) in [7, 11) is -3.12. The van der Waals surface area contributed by atoms with Crippen molar-refractivity contribution in [2.24, 2.45) is 0 Å². The molecule has 0 aliphatic rings.